The van der Waals surface area contributed by atoms with Crippen LogP contribution in [0.15, 0.2) is 30.9 Å². The number of hydrogen-bond acceptors (Lipinski definition) is 9. The highest BCUT2D eigenvalue weighted by molar-refractivity contribution is 6.31. The number of rotatable bonds is 13. The van der Waals surface area contributed by atoms with E-state index >= 15 is 0 Å². The molecule has 0 bridgehead atoms. The van der Waals surface area contributed by atoms with Gasteiger partial charge in [0.2, 0.25) is 5.91 Å². The number of amides is 1. The number of unbranched alkanes of at least 4 members (excludes halogenated alkanes) is 1. The van der Waals surface area contributed by atoms with Crippen molar-refractivity contribution in [3.8, 4) is 11.6 Å². The van der Waals surface area contributed by atoms with E-state index in [1.807, 2.05) is 33.8 Å². The Morgan fingerprint density at radius 3 is 2.45 bits per heavy atom. The number of methoxy groups -OCH3 is 1. The maximum absolute atomic E-state index is 14.6. The summed E-state index contributed by atoms with van der Waals surface area (Å²) in [6.07, 6.45) is 7.33. The van der Waals surface area contributed by atoms with Gasteiger partial charge in [-0.15, -0.1) is 6.58 Å². The zero-order chi connectivity index (χ0) is 36.1. The van der Waals surface area contributed by atoms with E-state index in [1.54, 1.807) is 46.1 Å². The fourth-order valence-electron chi connectivity index (χ4n) is 7.08. The molecule has 0 radical (unpaired) electrons. The maximum Gasteiger partial charge on any atom is 0.329 e. The van der Waals surface area contributed by atoms with Crippen LogP contribution in [-0.2, 0) is 23.9 Å². The molecule has 2 aromatic rings. The van der Waals surface area contributed by atoms with Crippen molar-refractivity contribution >= 4 is 40.5 Å². The number of fused-ring (bicyclic) bond motifs is 1. The molecule has 4 rings (SSSR count). The quantitative estimate of drug-likeness (QED) is 0.118. The molecule has 1 saturated heterocycles. The van der Waals surface area contributed by atoms with Gasteiger partial charge in [-0.1, -0.05) is 45.4 Å². The molecule has 1 aliphatic carbocycles. The monoisotopic (exact) mass is 699 g/mol. The van der Waals surface area contributed by atoms with E-state index < -0.39 is 46.9 Å². The molecule has 10 nitrogen and oxygen atoms in total. The lowest BCUT2D eigenvalue weighted by Crippen LogP contribution is -2.50. The minimum Gasteiger partial charge on any atom is -0.497 e. The second kappa shape index (κ2) is 16.1. The highest BCUT2D eigenvalue weighted by Gasteiger charge is 2.52. The van der Waals surface area contributed by atoms with Crippen LogP contribution in [0.1, 0.15) is 99.8 Å². The number of esters is 2. The molecule has 1 aromatic heterocycles. The number of carbonyl (C=O) groups excluding carboxylic acids is 3. The number of ether oxygens (including phenoxy) is 4. The summed E-state index contributed by atoms with van der Waals surface area (Å²) in [6.45, 7) is 17.0. The van der Waals surface area contributed by atoms with Gasteiger partial charge in [-0.2, -0.15) is 0 Å². The molecular formula is C38H54ClN3O7. The summed E-state index contributed by atoms with van der Waals surface area (Å²) in [6, 6.07) is 4.32. The Labute approximate surface area is 296 Å². The zero-order valence-electron chi connectivity index (χ0n) is 30.4. The van der Waals surface area contributed by atoms with E-state index in [0.717, 1.165) is 38.5 Å². The largest absolute Gasteiger partial charge is 0.497 e. The molecule has 2 fully saturated rings. The number of aromatic nitrogens is 2. The maximum atomic E-state index is 14.6. The van der Waals surface area contributed by atoms with E-state index in [9.17, 15) is 14.4 Å². The predicted octanol–water partition coefficient (Wildman–Crippen LogP) is 7.74. The van der Waals surface area contributed by atoms with E-state index in [-0.39, 0.29) is 36.0 Å². The molecular weight excluding hydrogens is 646 g/mol. The molecule has 2 heterocycles. The standard InChI is InChI=1S/C38H54ClN3O7/c1-10-12-13-15-23-16-14-17-29(23)47-31(43)21-26(37(3,4)5)35(44)42-22-30(25(11-2)32(42)36(45)49-38(6,7)8)48-34-33(39)40-27-19-18-24(46-9)20-28(27)41-34/h10,18-20,23,25-26,29-30,32H,1,11-17,21-22H2,2-9H3/t23-,25-,26-,29-,30+,32+/m1/s1. The number of halogens is 1. The average Bonchev–Trinajstić information content (AvgIpc) is 3.62. The van der Waals surface area contributed by atoms with Crippen LogP contribution in [0.5, 0.6) is 11.6 Å². The number of carbonyl (C=O) groups is 3. The van der Waals surface area contributed by atoms with Crippen LogP contribution in [0, 0.1) is 23.2 Å². The van der Waals surface area contributed by atoms with Crippen molar-refractivity contribution in [2.45, 2.75) is 124 Å². The van der Waals surface area contributed by atoms with Crippen LogP contribution in [0.4, 0.5) is 0 Å². The normalized spacial score (nSPS) is 23.3. The molecule has 11 heteroatoms. The average molecular weight is 700 g/mol. The topological polar surface area (TPSA) is 117 Å². The van der Waals surface area contributed by atoms with Crippen LogP contribution in [0.3, 0.4) is 0 Å². The van der Waals surface area contributed by atoms with Crippen molar-refractivity contribution in [1.29, 1.82) is 0 Å². The number of nitrogens with zero attached hydrogens (tertiary/aromatic N) is 3. The van der Waals surface area contributed by atoms with Gasteiger partial charge in [0.1, 0.15) is 29.6 Å². The lowest BCUT2D eigenvalue weighted by molar-refractivity contribution is -0.167. The fraction of sp³-hybridized carbons (Fsp3) is 0.658. The second-order valence-electron chi connectivity index (χ2n) is 15.4. The Balaban J connectivity index is 1.61. The summed E-state index contributed by atoms with van der Waals surface area (Å²) >= 11 is 6.56. The number of benzene rings is 1. The van der Waals surface area contributed by atoms with Gasteiger partial charge in [0, 0.05) is 12.0 Å². The summed E-state index contributed by atoms with van der Waals surface area (Å²) in [5, 5.41) is 0.0659. The first kappa shape index (κ1) is 38.4. The number of hydrogen-bond donors (Lipinski definition) is 0. The van der Waals surface area contributed by atoms with Gasteiger partial charge < -0.3 is 23.8 Å². The highest BCUT2D eigenvalue weighted by Crippen LogP contribution is 2.40. The Morgan fingerprint density at radius 1 is 1.08 bits per heavy atom. The van der Waals surface area contributed by atoms with E-state index in [4.69, 9.17) is 30.5 Å². The lowest BCUT2D eigenvalue weighted by Gasteiger charge is -2.36. The van der Waals surface area contributed by atoms with Crippen molar-refractivity contribution in [3.63, 3.8) is 0 Å². The summed E-state index contributed by atoms with van der Waals surface area (Å²) in [5.41, 5.74) is -0.301. The summed E-state index contributed by atoms with van der Waals surface area (Å²) in [5.74, 6) is -1.42. The van der Waals surface area contributed by atoms with E-state index in [0.29, 0.717) is 29.1 Å². The number of likely N-dealkylation sites (tertiary alicyclic amines) is 1. The molecule has 270 valence electrons. The van der Waals surface area contributed by atoms with Gasteiger partial charge in [-0.3, -0.25) is 9.59 Å². The van der Waals surface area contributed by atoms with Crippen LogP contribution in [0.25, 0.3) is 11.0 Å². The summed E-state index contributed by atoms with van der Waals surface area (Å²) in [7, 11) is 1.57. The molecule has 0 N–H and O–H groups in total. The Morgan fingerprint density at radius 2 is 1.82 bits per heavy atom. The Kier molecular flexibility index (Phi) is 12.6. The zero-order valence-corrected chi connectivity index (χ0v) is 31.2. The first-order valence-corrected chi connectivity index (χ1v) is 18.0. The minimum atomic E-state index is -0.945. The third-order valence-electron chi connectivity index (χ3n) is 9.63. The minimum absolute atomic E-state index is 0.0659. The van der Waals surface area contributed by atoms with Gasteiger partial charge in [0.05, 0.1) is 37.0 Å². The third kappa shape index (κ3) is 9.65. The molecule has 49 heavy (non-hydrogen) atoms. The Hall–Kier alpha value is -3.40. The molecule has 1 aliphatic heterocycles. The molecule has 6 atom stereocenters. The van der Waals surface area contributed by atoms with Gasteiger partial charge >= 0.3 is 11.9 Å². The van der Waals surface area contributed by atoms with Gasteiger partial charge in [0.25, 0.3) is 5.88 Å². The van der Waals surface area contributed by atoms with Crippen molar-refractivity contribution < 1.29 is 33.3 Å². The summed E-state index contributed by atoms with van der Waals surface area (Å²) in [4.78, 5) is 52.6. The third-order valence-corrected chi connectivity index (χ3v) is 9.88. The van der Waals surface area contributed by atoms with Crippen molar-refractivity contribution in [2.24, 2.45) is 23.2 Å². The van der Waals surface area contributed by atoms with E-state index in [1.165, 1.54) is 4.90 Å². The lowest BCUT2D eigenvalue weighted by atomic mass is 9.77. The van der Waals surface area contributed by atoms with Crippen molar-refractivity contribution in [3.05, 3.63) is 36.0 Å². The van der Waals surface area contributed by atoms with Gasteiger partial charge in [-0.25, -0.2) is 14.8 Å². The first-order chi connectivity index (χ1) is 23.1. The fourth-order valence-corrected chi connectivity index (χ4v) is 7.26. The smallest absolute Gasteiger partial charge is 0.329 e. The van der Waals surface area contributed by atoms with Crippen molar-refractivity contribution in [1.82, 2.24) is 14.9 Å². The van der Waals surface area contributed by atoms with Crippen LogP contribution in [-0.4, -0.2) is 70.2 Å². The van der Waals surface area contributed by atoms with Crippen LogP contribution < -0.4 is 9.47 Å². The van der Waals surface area contributed by atoms with Crippen LogP contribution >= 0.6 is 11.6 Å². The molecule has 1 saturated carbocycles. The van der Waals surface area contributed by atoms with Crippen molar-refractivity contribution in [2.75, 3.05) is 13.7 Å². The Bertz CT molecular complexity index is 1500. The molecule has 1 amide bonds. The highest BCUT2D eigenvalue weighted by atomic mass is 35.5. The van der Waals surface area contributed by atoms with Gasteiger partial charge in [0.15, 0.2) is 5.15 Å². The molecule has 1 aromatic carbocycles. The van der Waals surface area contributed by atoms with E-state index in [2.05, 4.69) is 16.5 Å². The van der Waals surface area contributed by atoms with Crippen LogP contribution in [0.2, 0.25) is 5.15 Å². The summed E-state index contributed by atoms with van der Waals surface area (Å²) < 4.78 is 23.7. The molecule has 0 spiro atoms. The number of allylic oxidation sites excluding steroid dienone is 1. The van der Waals surface area contributed by atoms with Gasteiger partial charge in [-0.05, 0) is 89.2 Å². The predicted molar refractivity (Wildman–Crippen MR) is 189 cm³/mol. The molecule has 2 aliphatic rings. The second-order valence-corrected chi connectivity index (χ2v) is 15.8. The first-order valence-electron chi connectivity index (χ1n) is 17.6. The SMILES string of the molecule is C=CCCC[C@@H]1CCC[C@H]1OC(=O)C[C@H](C(=O)N1C[C@H](Oc2nc3cc(OC)ccc3nc2Cl)[C@@H](CC)[C@H]1C(=O)OC(C)(C)C)C(C)(C)C. The molecule has 0 unspecified atom stereocenters.